The van der Waals surface area contributed by atoms with Crippen molar-refractivity contribution in [2.24, 2.45) is 0 Å². The van der Waals surface area contributed by atoms with Crippen molar-refractivity contribution < 1.29 is 13.2 Å². The minimum atomic E-state index is -2.99. The zero-order valence-electron chi connectivity index (χ0n) is 15.0. The van der Waals surface area contributed by atoms with Crippen molar-refractivity contribution in [3.63, 3.8) is 0 Å². The minimum absolute atomic E-state index is 0.0439. The number of nitrogens with zero attached hydrogens (tertiary/aromatic N) is 1. The Balaban J connectivity index is 2.07. The van der Waals surface area contributed by atoms with Crippen LogP contribution >= 0.6 is 0 Å². The predicted octanol–water partition coefficient (Wildman–Crippen LogP) is 2.57. The summed E-state index contributed by atoms with van der Waals surface area (Å²) in [7, 11) is -2.99. The van der Waals surface area contributed by atoms with E-state index in [4.69, 9.17) is 0 Å². The lowest BCUT2D eigenvalue weighted by Gasteiger charge is -2.27. The summed E-state index contributed by atoms with van der Waals surface area (Å²) in [4.78, 5) is 14.3. The summed E-state index contributed by atoms with van der Waals surface area (Å²) in [6.45, 7) is 8.91. The molecule has 0 aromatic heterocycles. The fourth-order valence-electron chi connectivity index (χ4n) is 3.34. The third kappa shape index (κ3) is 4.29. The van der Waals surface area contributed by atoms with Gasteiger partial charge in [0.05, 0.1) is 18.1 Å². The Labute approximate surface area is 145 Å². The molecule has 5 nitrogen and oxygen atoms in total. The molecule has 1 aromatic carbocycles. The maximum Gasteiger partial charge on any atom is 0.242 e. The Morgan fingerprint density at radius 1 is 1.38 bits per heavy atom. The molecule has 0 aliphatic carbocycles. The second-order valence-corrected chi connectivity index (χ2v) is 9.01. The number of para-hydroxylation sites is 1. The van der Waals surface area contributed by atoms with Crippen LogP contribution in [0.4, 0.5) is 5.69 Å². The number of hydrogen-bond donors (Lipinski definition) is 1. The van der Waals surface area contributed by atoms with Crippen LogP contribution in [0.15, 0.2) is 18.2 Å². The van der Waals surface area contributed by atoms with Gasteiger partial charge in [0.2, 0.25) is 5.91 Å². The van der Waals surface area contributed by atoms with Gasteiger partial charge in [-0.15, -0.1) is 0 Å². The molecule has 1 aliphatic rings. The first-order valence-electron chi connectivity index (χ1n) is 8.58. The van der Waals surface area contributed by atoms with E-state index in [2.05, 4.69) is 25.2 Å². The third-order valence-corrected chi connectivity index (χ3v) is 6.40. The van der Waals surface area contributed by atoms with Gasteiger partial charge in [0, 0.05) is 18.3 Å². The van der Waals surface area contributed by atoms with E-state index in [1.165, 1.54) is 5.56 Å². The van der Waals surface area contributed by atoms with Crippen LogP contribution in [-0.4, -0.2) is 49.9 Å². The van der Waals surface area contributed by atoms with Crippen molar-refractivity contribution in [2.45, 2.75) is 46.1 Å². The Bertz CT molecular complexity index is 698. The van der Waals surface area contributed by atoms with E-state index in [0.717, 1.165) is 11.3 Å². The van der Waals surface area contributed by atoms with E-state index < -0.39 is 9.84 Å². The number of amides is 1. The highest BCUT2D eigenvalue weighted by Crippen LogP contribution is 2.27. The molecule has 1 fully saturated rings. The van der Waals surface area contributed by atoms with E-state index in [9.17, 15) is 13.2 Å². The number of sulfone groups is 1. The molecule has 1 atom stereocenters. The van der Waals surface area contributed by atoms with Gasteiger partial charge >= 0.3 is 0 Å². The number of hydrogen-bond acceptors (Lipinski definition) is 4. The van der Waals surface area contributed by atoms with Gasteiger partial charge in [-0.1, -0.05) is 32.0 Å². The van der Waals surface area contributed by atoms with Crippen molar-refractivity contribution in [3.8, 4) is 0 Å². The molecular formula is C18H28N2O3S. The highest BCUT2D eigenvalue weighted by Gasteiger charge is 2.33. The monoisotopic (exact) mass is 352 g/mol. The number of likely N-dealkylation sites (N-methyl/N-ethyl adjacent to an activating group) is 1. The molecule has 2 rings (SSSR count). The topological polar surface area (TPSA) is 66.5 Å². The molecule has 1 amide bonds. The number of aryl methyl sites for hydroxylation is 1. The van der Waals surface area contributed by atoms with Crippen LogP contribution in [0.3, 0.4) is 0 Å². The van der Waals surface area contributed by atoms with Crippen LogP contribution in [0, 0.1) is 6.92 Å². The largest absolute Gasteiger partial charge is 0.376 e. The maximum atomic E-state index is 12.6. The van der Waals surface area contributed by atoms with Crippen molar-refractivity contribution >= 4 is 21.4 Å². The van der Waals surface area contributed by atoms with Gasteiger partial charge in [-0.2, -0.15) is 0 Å². The molecule has 24 heavy (non-hydrogen) atoms. The fraction of sp³-hybridized carbons (Fsp3) is 0.611. The number of benzene rings is 1. The lowest BCUT2D eigenvalue weighted by atomic mass is 9.98. The van der Waals surface area contributed by atoms with Gasteiger partial charge in [-0.05, 0) is 37.3 Å². The third-order valence-electron chi connectivity index (χ3n) is 4.65. The average molecular weight is 353 g/mol. The normalized spacial score (nSPS) is 19.5. The second-order valence-electron chi connectivity index (χ2n) is 6.78. The summed E-state index contributed by atoms with van der Waals surface area (Å²) < 4.78 is 23.3. The van der Waals surface area contributed by atoms with Crippen molar-refractivity contribution in [1.29, 1.82) is 0 Å². The lowest BCUT2D eigenvalue weighted by molar-refractivity contribution is -0.130. The van der Waals surface area contributed by atoms with Gasteiger partial charge in [0.1, 0.15) is 0 Å². The van der Waals surface area contributed by atoms with E-state index >= 15 is 0 Å². The maximum absolute atomic E-state index is 12.6. The zero-order chi connectivity index (χ0) is 17.9. The van der Waals surface area contributed by atoms with Crippen molar-refractivity contribution in [2.75, 3.05) is 29.9 Å². The minimum Gasteiger partial charge on any atom is -0.376 e. The molecule has 134 valence electrons. The Hall–Kier alpha value is -1.56. The number of rotatable bonds is 6. The quantitative estimate of drug-likeness (QED) is 0.854. The molecule has 0 bridgehead atoms. The first kappa shape index (κ1) is 18.8. The van der Waals surface area contributed by atoms with Crippen LogP contribution in [0.25, 0.3) is 0 Å². The first-order chi connectivity index (χ1) is 11.2. The molecular weight excluding hydrogens is 324 g/mol. The summed E-state index contributed by atoms with van der Waals surface area (Å²) in [5.74, 6) is 0.598. The van der Waals surface area contributed by atoms with Gasteiger partial charge in [0.25, 0.3) is 0 Å². The van der Waals surface area contributed by atoms with E-state index in [1.807, 2.05) is 26.0 Å². The van der Waals surface area contributed by atoms with Crippen LogP contribution in [-0.2, 0) is 14.6 Å². The second kappa shape index (κ2) is 7.55. The standard InChI is InChI=1S/C18H28N2O3S/c1-5-20(15-9-10-24(22,23)12-15)17(21)11-19-18-14(4)7-6-8-16(18)13(2)3/h6-8,13,15,19H,5,9-12H2,1-4H3. The molecule has 1 aromatic rings. The molecule has 6 heteroatoms. The Kier molecular flexibility index (Phi) is 5.91. The SMILES string of the molecule is CCN(C(=O)CNc1c(C)cccc1C(C)C)C1CCS(=O)(=O)C1. The Morgan fingerprint density at radius 3 is 2.62 bits per heavy atom. The predicted molar refractivity (Wildman–Crippen MR) is 98.2 cm³/mol. The van der Waals surface area contributed by atoms with Crippen LogP contribution in [0.1, 0.15) is 44.2 Å². The summed E-state index contributed by atoms with van der Waals surface area (Å²) >= 11 is 0. The highest BCUT2D eigenvalue weighted by atomic mass is 32.2. The summed E-state index contributed by atoms with van der Waals surface area (Å²) in [6.07, 6.45) is 0.545. The molecule has 0 spiro atoms. The molecule has 1 heterocycles. The number of carbonyl (C=O) groups excluding carboxylic acids is 1. The van der Waals surface area contributed by atoms with Gasteiger partial charge < -0.3 is 10.2 Å². The number of anilines is 1. The first-order valence-corrected chi connectivity index (χ1v) is 10.4. The molecule has 0 saturated carbocycles. The van der Waals surface area contributed by atoms with Gasteiger partial charge in [-0.3, -0.25) is 4.79 Å². The summed E-state index contributed by atoms with van der Waals surface area (Å²) in [6, 6.07) is 5.95. The molecule has 1 saturated heterocycles. The van der Waals surface area contributed by atoms with Crippen molar-refractivity contribution in [1.82, 2.24) is 4.90 Å². The smallest absolute Gasteiger partial charge is 0.242 e. The average Bonchev–Trinajstić information content (AvgIpc) is 2.86. The van der Waals surface area contributed by atoms with E-state index in [1.54, 1.807) is 4.90 Å². The van der Waals surface area contributed by atoms with Crippen LogP contribution in [0.5, 0.6) is 0 Å². The van der Waals surface area contributed by atoms with Gasteiger partial charge in [0.15, 0.2) is 9.84 Å². The van der Waals surface area contributed by atoms with Gasteiger partial charge in [-0.25, -0.2) is 8.42 Å². The summed E-state index contributed by atoms with van der Waals surface area (Å²) in [5, 5.41) is 3.28. The lowest BCUT2D eigenvalue weighted by Crippen LogP contribution is -2.43. The molecule has 1 N–H and O–H groups in total. The molecule has 1 aliphatic heterocycles. The molecule has 1 unspecified atom stereocenters. The highest BCUT2D eigenvalue weighted by molar-refractivity contribution is 7.91. The van der Waals surface area contributed by atoms with E-state index in [0.29, 0.717) is 18.9 Å². The van der Waals surface area contributed by atoms with E-state index in [-0.39, 0.29) is 30.0 Å². The fourth-order valence-corrected chi connectivity index (χ4v) is 5.07. The van der Waals surface area contributed by atoms with Crippen molar-refractivity contribution in [3.05, 3.63) is 29.3 Å². The summed E-state index contributed by atoms with van der Waals surface area (Å²) in [5.41, 5.74) is 3.31. The van der Waals surface area contributed by atoms with Crippen LogP contribution < -0.4 is 5.32 Å². The van der Waals surface area contributed by atoms with Crippen LogP contribution in [0.2, 0.25) is 0 Å². The Morgan fingerprint density at radius 2 is 2.08 bits per heavy atom. The number of nitrogens with one attached hydrogen (secondary N) is 1. The number of carbonyl (C=O) groups is 1. The zero-order valence-corrected chi connectivity index (χ0v) is 15.8. The molecule has 0 radical (unpaired) electrons.